The van der Waals surface area contributed by atoms with Gasteiger partial charge in [-0.25, -0.2) is 0 Å². The molecule has 0 saturated heterocycles. The summed E-state index contributed by atoms with van der Waals surface area (Å²) in [6.45, 7) is 0. The van der Waals surface area contributed by atoms with Crippen LogP contribution in [0.2, 0.25) is 0 Å². The van der Waals surface area contributed by atoms with E-state index in [0.717, 1.165) is 18.8 Å². The van der Waals surface area contributed by atoms with Gasteiger partial charge in [0.05, 0.1) is 0 Å². The molecule has 0 atom stereocenters. The number of hydrogen-bond acceptors (Lipinski definition) is 1. The summed E-state index contributed by atoms with van der Waals surface area (Å²) < 4.78 is 0. The molecule has 2 nitrogen and oxygen atoms in total. The van der Waals surface area contributed by atoms with Crippen LogP contribution in [0.25, 0.3) is 0 Å². The molecular weight excluding hydrogens is 162 g/mol. The minimum Gasteiger partial charge on any atom is -0.353 e. The average Bonchev–Trinajstić information content (AvgIpc) is 2.78. The van der Waals surface area contributed by atoms with Gasteiger partial charge in [0.1, 0.15) is 0 Å². The van der Waals surface area contributed by atoms with Crippen molar-refractivity contribution in [2.24, 2.45) is 5.92 Å². The lowest BCUT2D eigenvalue weighted by Gasteiger charge is -2.24. The highest BCUT2D eigenvalue weighted by atomic mass is 16.1. The van der Waals surface area contributed by atoms with Crippen LogP contribution < -0.4 is 5.32 Å². The van der Waals surface area contributed by atoms with E-state index in [-0.39, 0.29) is 5.91 Å². The first-order valence-electron chi connectivity index (χ1n) is 5.64. The summed E-state index contributed by atoms with van der Waals surface area (Å²) in [6.07, 6.45) is 9.77. The SMILES string of the molecule is O=C(CCCC1CCC1)NC1CC1. The van der Waals surface area contributed by atoms with Gasteiger partial charge in [-0.05, 0) is 31.6 Å². The van der Waals surface area contributed by atoms with Crippen LogP contribution in [0.5, 0.6) is 0 Å². The van der Waals surface area contributed by atoms with E-state index in [4.69, 9.17) is 0 Å². The Labute approximate surface area is 80.1 Å². The van der Waals surface area contributed by atoms with Crippen molar-refractivity contribution in [2.75, 3.05) is 0 Å². The second kappa shape index (κ2) is 4.12. The molecule has 0 spiro atoms. The topological polar surface area (TPSA) is 29.1 Å². The van der Waals surface area contributed by atoms with Gasteiger partial charge in [0.25, 0.3) is 0 Å². The van der Waals surface area contributed by atoms with Gasteiger partial charge in [0, 0.05) is 12.5 Å². The van der Waals surface area contributed by atoms with Gasteiger partial charge >= 0.3 is 0 Å². The molecule has 74 valence electrons. The second-order valence-corrected chi connectivity index (χ2v) is 4.53. The standard InChI is InChI=1S/C11H19NO/c13-11(12-10-7-8-10)6-2-5-9-3-1-4-9/h9-10H,1-8H2,(H,12,13). The lowest BCUT2D eigenvalue weighted by molar-refractivity contribution is -0.121. The number of nitrogens with one attached hydrogen (secondary N) is 1. The van der Waals surface area contributed by atoms with E-state index in [1.54, 1.807) is 0 Å². The minimum absolute atomic E-state index is 0.279. The predicted molar refractivity (Wildman–Crippen MR) is 52.4 cm³/mol. The smallest absolute Gasteiger partial charge is 0.220 e. The summed E-state index contributed by atoms with van der Waals surface area (Å²) in [5.74, 6) is 1.23. The van der Waals surface area contributed by atoms with E-state index in [9.17, 15) is 4.79 Å². The summed E-state index contributed by atoms with van der Waals surface area (Å²) in [5, 5.41) is 3.02. The summed E-state index contributed by atoms with van der Waals surface area (Å²) in [6, 6.07) is 0.538. The first-order chi connectivity index (χ1) is 6.34. The first kappa shape index (κ1) is 9.04. The molecule has 0 bridgehead atoms. The maximum atomic E-state index is 11.3. The van der Waals surface area contributed by atoms with Crippen LogP contribution in [0.15, 0.2) is 0 Å². The monoisotopic (exact) mass is 181 g/mol. The molecule has 2 heteroatoms. The highest BCUT2D eigenvalue weighted by Crippen LogP contribution is 2.30. The Kier molecular flexibility index (Phi) is 2.87. The van der Waals surface area contributed by atoms with Crippen molar-refractivity contribution in [3.8, 4) is 0 Å². The number of carbonyl (C=O) groups is 1. The van der Waals surface area contributed by atoms with Crippen LogP contribution in [0.4, 0.5) is 0 Å². The molecule has 2 aliphatic rings. The first-order valence-corrected chi connectivity index (χ1v) is 5.64. The summed E-state index contributed by atoms with van der Waals surface area (Å²) in [4.78, 5) is 11.3. The molecule has 13 heavy (non-hydrogen) atoms. The van der Waals surface area contributed by atoms with Gasteiger partial charge in [-0.3, -0.25) is 4.79 Å². The number of hydrogen-bond donors (Lipinski definition) is 1. The van der Waals surface area contributed by atoms with E-state index >= 15 is 0 Å². The maximum absolute atomic E-state index is 11.3. The lowest BCUT2D eigenvalue weighted by Crippen LogP contribution is -2.25. The molecule has 2 aliphatic carbocycles. The Morgan fingerprint density at radius 2 is 2.00 bits per heavy atom. The number of rotatable bonds is 5. The van der Waals surface area contributed by atoms with Gasteiger partial charge < -0.3 is 5.32 Å². The summed E-state index contributed by atoms with van der Waals surface area (Å²) in [7, 11) is 0. The van der Waals surface area contributed by atoms with Crippen molar-refractivity contribution in [1.29, 1.82) is 0 Å². The van der Waals surface area contributed by atoms with Crippen LogP contribution in [0.1, 0.15) is 51.4 Å². The van der Waals surface area contributed by atoms with E-state index < -0.39 is 0 Å². The van der Waals surface area contributed by atoms with Gasteiger partial charge in [0.2, 0.25) is 5.91 Å². The fraction of sp³-hybridized carbons (Fsp3) is 0.909. The van der Waals surface area contributed by atoms with Crippen molar-refractivity contribution in [2.45, 2.75) is 57.4 Å². The van der Waals surface area contributed by atoms with E-state index in [1.807, 2.05) is 0 Å². The highest BCUT2D eigenvalue weighted by Gasteiger charge is 2.23. The lowest BCUT2D eigenvalue weighted by atomic mass is 9.82. The van der Waals surface area contributed by atoms with Crippen molar-refractivity contribution in [1.82, 2.24) is 5.32 Å². The molecule has 2 rings (SSSR count). The van der Waals surface area contributed by atoms with Crippen LogP contribution in [0, 0.1) is 5.92 Å². The quantitative estimate of drug-likeness (QED) is 0.692. The maximum Gasteiger partial charge on any atom is 0.220 e. The van der Waals surface area contributed by atoms with Gasteiger partial charge in [-0.15, -0.1) is 0 Å². The Balaban J connectivity index is 1.48. The number of amides is 1. The Hall–Kier alpha value is -0.530. The molecule has 0 radical (unpaired) electrons. The zero-order valence-electron chi connectivity index (χ0n) is 8.22. The van der Waals surface area contributed by atoms with Crippen molar-refractivity contribution >= 4 is 5.91 Å². The molecule has 0 unspecified atom stereocenters. The zero-order valence-corrected chi connectivity index (χ0v) is 8.22. The molecular formula is C11H19NO. The van der Waals surface area contributed by atoms with Crippen molar-refractivity contribution in [3.63, 3.8) is 0 Å². The number of carbonyl (C=O) groups excluding carboxylic acids is 1. The molecule has 0 aromatic carbocycles. The van der Waals surface area contributed by atoms with Crippen molar-refractivity contribution < 1.29 is 4.79 Å². The van der Waals surface area contributed by atoms with Crippen LogP contribution in [-0.4, -0.2) is 11.9 Å². The highest BCUT2D eigenvalue weighted by molar-refractivity contribution is 5.76. The Morgan fingerprint density at radius 1 is 1.23 bits per heavy atom. The normalized spacial score (nSPS) is 22.5. The third-order valence-corrected chi connectivity index (χ3v) is 3.18. The molecule has 1 N–H and O–H groups in total. The molecule has 0 aromatic rings. The minimum atomic E-state index is 0.279. The van der Waals surface area contributed by atoms with Gasteiger partial charge in [-0.2, -0.15) is 0 Å². The van der Waals surface area contributed by atoms with Gasteiger partial charge in [0.15, 0.2) is 0 Å². The fourth-order valence-electron chi connectivity index (χ4n) is 1.86. The fourth-order valence-corrected chi connectivity index (χ4v) is 1.86. The Bertz CT molecular complexity index is 183. The Morgan fingerprint density at radius 3 is 2.54 bits per heavy atom. The molecule has 1 amide bonds. The molecule has 2 fully saturated rings. The van der Waals surface area contributed by atoms with Crippen LogP contribution >= 0.6 is 0 Å². The molecule has 2 saturated carbocycles. The third-order valence-electron chi connectivity index (χ3n) is 3.18. The summed E-state index contributed by atoms with van der Waals surface area (Å²) >= 11 is 0. The zero-order chi connectivity index (χ0) is 9.10. The van der Waals surface area contributed by atoms with Crippen LogP contribution in [0.3, 0.4) is 0 Å². The third kappa shape index (κ3) is 3.02. The largest absolute Gasteiger partial charge is 0.353 e. The molecule has 0 aromatic heterocycles. The molecule has 0 heterocycles. The van der Waals surface area contributed by atoms with E-state index in [0.29, 0.717) is 6.04 Å². The molecule has 0 aliphatic heterocycles. The second-order valence-electron chi connectivity index (χ2n) is 4.53. The predicted octanol–water partition coefficient (Wildman–Crippen LogP) is 2.24. The van der Waals surface area contributed by atoms with Gasteiger partial charge in [-0.1, -0.05) is 19.3 Å². The van der Waals surface area contributed by atoms with Crippen molar-refractivity contribution in [3.05, 3.63) is 0 Å². The average molecular weight is 181 g/mol. The van der Waals surface area contributed by atoms with Crippen LogP contribution in [-0.2, 0) is 4.79 Å². The summed E-state index contributed by atoms with van der Waals surface area (Å²) in [5.41, 5.74) is 0. The van der Waals surface area contributed by atoms with E-state index in [2.05, 4.69) is 5.32 Å². The van der Waals surface area contributed by atoms with E-state index in [1.165, 1.54) is 38.5 Å².